The van der Waals surface area contributed by atoms with Gasteiger partial charge in [0.25, 0.3) is 0 Å². The van der Waals surface area contributed by atoms with Crippen molar-refractivity contribution in [1.82, 2.24) is 14.5 Å². The smallest absolute Gasteiger partial charge is 0.383 e. The number of nitrogens with zero attached hydrogens (tertiary/aromatic N) is 3. The minimum Gasteiger partial charge on any atom is -0.383 e. The number of halogens is 3. The molecule has 0 spiro atoms. The summed E-state index contributed by atoms with van der Waals surface area (Å²) in [6, 6.07) is 11.5. The second-order valence-electron chi connectivity index (χ2n) is 6.71. The number of amides is 2. The normalized spacial score (nSPS) is 11.3. The Kier molecular flexibility index (Phi) is 5.23. The molecule has 0 unspecified atom stereocenters. The van der Waals surface area contributed by atoms with E-state index < -0.39 is 17.8 Å². The van der Waals surface area contributed by atoms with E-state index in [4.69, 9.17) is 5.73 Å². The molecule has 2 amide bonds. The third-order valence-corrected chi connectivity index (χ3v) is 4.56. The van der Waals surface area contributed by atoms with Gasteiger partial charge in [-0.15, -0.1) is 0 Å². The number of fused-ring (bicyclic) bond motifs is 1. The van der Waals surface area contributed by atoms with Gasteiger partial charge in [0.15, 0.2) is 11.1 Å². The van der Waals surface area contributed by atoms with Gasteiger partial charge in [-0.2, -0.15) is 13.2 Å². The lowest BCUT2D eigenvalue weighted by Gasteiger charge is -2.12. The topological polar surface area (TPSA) is 115 Å². The van der Waals surface area contributed by atoms with Gasteiger partial charge in [-0.05, 0) is 42.5 Å². The number of nitrogens with two attached hydrogens (primary N) is 1. The van der Waals surface area contributed by atoms with E-state index in [1.807, 2.05) is 0 Å². The highest BCUT2D eigenvalue weighted by Gasteiger charge is 2.30. The molecule has 11 heteroatoms. The van der Waals surface area contributed by atoms with Crippen molar-refractivity contribution in [3.63, 3.8) is 0 Å². The summed E-state index contributed by atoms with van der Waals surface area (Å²) in [6.45, 7) is 0. The maximum Gasteiger partial charge on any atom is 0.416 e. The quantitative estimate of drug-likeness (QED) is 0.445. The van der Waals surface area contributed by atoms with Gasteiger partial charge in [-0.3, -0.25) is 4.79 Å². The molecule has 2 aromatic heterocycles. The fourth-order valence-corrected chi connectivity index (χ4v) is 3.09. The first-order valence-corrected chi connectivity index (χ1v) is 9.20. The predicted octanol–water partition coefficient (Wildman–Crippen LogP) is 4.03. The van der Waals surface area contributed by atoms with E-state index in [2.05, 4.69) is 20.6 Å². The first-order chi connectivity index (χ1) is 15.2. The Bertz CT molecular complexity index is 1370. The molecule has 0 aliphatic rings. The first-order valence-electron chi connectivity index (χ1n) is 9.20. The zero-order chi connectivity index (χ0) is 22.9. The predicted molar refractivity (Wildman–Crippen MR) is 114 cm³/mol. The average molecular weight is 440 g/mol. The van der Waals surface area contributed by atoms with Crippen LogP contribution in [0.1, 0.15) is 5.56 Å². The van der Waals surface area contributed by atoms with E-state index in [0.29, 0.717) is 17.0 Å². The molecule has 2 aromatic carbocycles. The third-order valence-electron chi connectivity index (χ3n) is 4.56. The van der Waals surface area contributed by atoms with E-state index >= 15 is 0 Å². The number of aromatic nitrogens is 3. The van der Waals surface area contributed by atoms with Gasteiger partial charge in [0.2, 0.25) is 0 Å². The summed E-state index contributed by atoms with van der Waals surface area (Å²) >= 11 is 0. The number of rotatable bonds is 3. The number of carbonyl (C=O) groups is 1. The fraction of sp³-hybridized carbons (Fsp3) is 0.0476. The largest absolute Gasteiger partial charge is 0.416 e. The van der Waals surface area contributed by atoms with Gasteiger partial charge in [-0.1, -0.05) is 6.07 Å². The van der Waals surface area contributed by atoms with Crippen molar-refractivity contribution < 1.29 is 18.0 Å². The summed E-state index contributed by atoms with van der Waals surface area (Å²) < 4.78 is 40.1. The minimum atomic E-state index is -4.51. The van der Waals surface area contributed by atoms with Crippen molar-refractivity contribution in [2.75, 3.05) is 16.4 Å². The maximum atomic E-state index is 12.8. The lowest BCUT2D eigenvalue weighted by molar-refractivity contribution is -0.137. The van der Waals surface area contributed by atoms with Crippen LogP contribution in [0.2, 0.25) is 0 Å². The highest BCUT2D eigenvalue weighted by molar-refractivity contribution is 5.99. The van der Waals surface area contributed by atoms with Crippen molar-refractivity contribution >= 4 is 34.3 Å². The van der Waals surface area contributed by atoms with E-state index in [0.717, 1.165) is 12.1 Å². The molecule has 4 rings (SSSR count). The van der Waals surface area contributed by atoms with Crippen LogP contribution in [0.15, 0.2) is 71.9 Å². The number of benzene rings is 2. The van der Waals surface area contributed by atoms with Crippen LogP contribution >= 0.6 is 0 Å². The van der Waals surface area contributed by atoms with Gasteiger partial charge in [0.05, 0.1) is 5.56 Å². The highest BCUT2D eigenvalue weighted by Crippen LogP contribution is 2.30. The number of pyridine rings is 1. The fourth-order valence-electron chi connectivity index (χ4n) is 3.09. The summed E-state index contributed by atoms with van der Waals surface area (Å²) in [6.07, 6.45) is -1.72. The molecule has 8 nitrogen and oxygen atoms in total. The zero-order valence-corrected chi connectivity index (χ0v) is 16.2. The minimum absolute atomic E-state index is 0.00551. The van der Waals surface area contributed by atoms with Gasteiger partial charge < -0.3 is 20.9 Å². The van der Waals surface area contributed by atoms with Crippen molar-refractivity contribution in [1.29, 1.82) is 0 Å². The standard InChI is InChI=1S/C21H15F3N6O2/c22-21(23,24)12-2-1-3-14(10-12)29-20(32)28-13-4-6-15(7-5-13)30-9-8-16(31)17-18(25)26-11-27-19(17)30/h1-11H,(H2,25,26,27)(H2,28,29,32). The molecule has 0 atom stereocenters. The van der Waals surface area contributed by atoms with Crippen molar-refractivity contribution in [3.8, 4) is 5.69 Å². The molecule has 32 heavy (non-hydrogen) atoms. The molecular weight excluding hydrogens is 425 g/mol. The van der Waals surface area contributed by atoms with Crippen LogP contribution in [0.3, 0.4) is 0 Å². The molecule has 0 radical (unpaired) electrons. The Hall–Kier alpha value is -4.41. The van der Waals surface area contributed by atoms with Gasteiger partial charge in [-0.25, -0.2) is 14.8 Å². The molecular formula is C21H15F3N6O2. The summed E-state index contributed by atoms with van der Waals surface area (Å²) in [5.41, 5.74) is 6.00. The molecule has 4 aromatic rings. The molecule has 162 valence electrons. The van der Waals surface area contributed by atoms with Crippen molar-refractivity contribution in [3.05, 3.63) is 82.9 Å². The summed E-state index contributed by atoms with van der Waals surface area (Å²) in [5, 5.41) is 5.10. The lowest BCUT2D eigenvalue weighted by Crippen LogP contribution is -2.19. The lowest BCUT2D eigenvalue weighted by atomic mass is 10.2. The zero-order valence-electron chi connectivity index (χ0n) is 16.2. The Morgan fingerprint density at radius 2 is 1.69 bits per heavy atom. The monoisotopic (exact) mass is 440 g/mol. The summed E-state index contributed by atoms with van der Waals surface area (Å²) in [4.78, 5) is 32.2. The number of nitrogen functional groups attached to an aromatic ring is 1. The van der Waals surface area contributed by atoms with Gasteiger partial charge in [0, 0.05) is 29.3 Å². The highest BCUT2D eigenvalue weighted by atomic mass is 19.4. The van der Waals surface area contributed by atoms with Gasteiger partial charge >= 0.3 is 12.2 Å². The molecule has 2 heterocycles. The molecule has 0 aliphatic carbocycles. The number of alkyl halides is 3. The molecule has 4 N–H and O–H groups in total. The second-order valence-corrected chi connectivity index (χ2v) is 6.71. The van der Waals surface area contributed by atoms with Crippen molar-refractivity contribution in [2.24, 2.45) is 0 Å². The Morgan fingerprint density at radius 3 is 2.41 bits per heavy atom. The van der Waals surface area contributed by atoms with E-state index in [9.17, 15) is 22.8 Å². The van der Waals surface area contributed by atoms with E-state index in [-0.39, 0.29) is 22.3 Å². The molecule has 0 fully saturated rings. The second kappa shape index (κ2) is 8.02. The average Bonchev–Trinajstić information content (AvgIpc) is 2.74. The van der Waals surface area contributed by atoms with Crippen LogP contribution in [0.25, 0.3) is 16.7 Å². The van der Waals surface area contributed by atoms with E-state index in [1.54, 1.807) is 35.0 Å². The maximum absolute atomic E-state index is 12.8. The van der Waals surface area contributed by atoms with Crippen LogP contribution in [0, 0.1) is 0 Å². The Morgan fingerprint density at radius 1 is 0.969 bits per heavy atom. The number of hydrogen-bond acceptors (Lipinski definition) is 5. The molecule has 0 saturated heterocycles. The Balaban J connectivity index is 1.52. The van der Waals surface area contributed by atoms with Crippen LogP contribution in [0.4, 0.5) is 35.2 Å². The van der Waals surface area contributed by atoms with Crippen LogP contribution in [-0.4, -0.2) is 20.6 Å². The first kappa shape index (κ1) is 20.8. The molecule has 0 saturated carbocycles. The van der Waals surface area contributed by atoms with Crippen LogP contribution in [-0.2, 0) is 6.18 Å². The number of hydrogen-bond donors (Lipinski definition) is 3. The number of carbonyl (C=O) groups excluding carboxylic acids is 1. The van der Waals surface area contributed by atoms with E-state index in [1.165, 1.54) is 24.5 Å². The molecule has 0 aliphatic heterocycles. The third kappa shape index (κ3) is 4.21. The Labute approximate surface area is 178 Å². The SMILES string of the molecule is Nc1ncnc2c1c(=O)ccn2-c1ccc(NC(=O)Nc2cccc(C(F)(F)F)c2)cc1. The number of nitrogens with one attached hydrogen (secondary N) is 2. The van der Waals surface area contributed by atoms with Crippen LogP contribution in [0.5, 0.6) is 0 Å². The van der Waals surface area contributed by atoms with Crippen LogP contribution < -0.4 is 21.8 Å². The number of anilines is 3. The van der Waals surface area contributed by atoms with Crippen molar-refractivity contribution in [2.45, 2.75) is 6.18 Å². The molecule has 0 bridgehead atoms. The number of urea groups is 1. The van der Waals surface area contributed by atoms with Gasteiger partial charge in [0.1, 0.15) is 17.5 Å². The summed E-state index contributed by atoms with van der Waals surface area (Å²) in [5.74, 6) is 0.0684. The summed E-state index contributed by atoms with van der Waals surface area (Å²) in [7, 11) is 0.